The lowest BCUT2D eigenvalue weighted by atomic mass is 9.95. The molecule has 1 aromatic heterocycles. The van der Waals surface area contributed by atoms with Crippen molar-refractivity contribution < 1.29 is 32.3 Å². The van der Waals surface area contributed by atoms with Crippen LogP contribution in [0.25, 0.3) is 0 Å². The summed E-state index contributed by atoms with van der Waals surface area (Å²) in [6, 6.07) is 9.40. The van der Waals surface area contributed by atoms with Crippen LogP contribution in [0.1, 0.15) is 58.0 Å². The molecule has 0 radical (unpaired) electrons. The third kappa shape index (κ3) is 5.76. The number of amides is 1. The molecule has 1 fully saturated rings. The minimum Gasteiger partial charge on any atom is -0.457 e. The van der Waals surface area contributed by atoms with Crippen molar-refractivity contribution in [3.8, 4) is 11.5 Å². The van der Waals surface area contributed by atoms with E-state index in [1.54, 1.807) is 12.1 Å². The number of carbonyl (C=O) groups is 3. The molecule has 0 aliphatic heterocycles. The predicted octanol–water partition coefficient (Wildman–Crippen LogP) is 5.16. The fourth-order valence-corrected chi connectivity index (χ4v) is 3.72. The van der Waals surface area contributed by atoms with Gasteiger partial charge >= 0.3 is 6.18 Å². The fraction of sp³-hybridized carbons (Fsp3) is 0.269. The van der Waals surface area contributed by atoms with E-state index < -0.39 is 28.7 Å². The van der Waals surface area contributed by atoms with Crippen LogP contribution in [0, 0.1) is 5.41 Å². The van der Waals surface area contributed by atoms with Crippen LogP contribution in [-0.4, -0.2) is 27.4 Å². The number of Topliss-reactive ketones (excluding diaryl/α,β-unsaturated/α-hetero) is 2. The van der Waals surface area contributed by atoms with Gasteiger partial charge in [-0.15, -0.1) is 0 Å². The van der Waals surface area contributed by atoms with Crippen LogP contribution in [-0.2, 0) is 17.5 Å². The molecule has 1 saturated carbocycles. The smallest absolute Gasteiger partial charge is 0.420 e. The summed E-state index contributed by atoms with van der Waals surface area (Å²) in [5, 5.41) is 2.83. The Kier molecular flexibility index (Phi) is 6.87. The van der Waals surface area contributed by atoms with Crippen molar-refractivity contribution in [3.63, 3.8) is 0 Å². The number of nitrogens with one attached hydrogen (secondary N) is 1. The normalized spacial score (nSPS) is 14.1. The number of alkyl halides is 3. The summed E-state index contributed by atoms with van der Waals surface area (Å²) in [5.41, 5.74) is -0.782. The average molecular weight is 497 g/mol. The maximum absolute atomic E-state index is 13.5. The maximum Gasteiger partial charge on any atom is 0.420 e. The van der Waals surface area contributed by atoms with Gasteiger partial charge in [0.05, 0.1) is 16.5 Å². The van der Waals surface area contributed by atoms with Gasteiger partial charge in [-0.1, -0.05) is 12.1 Å². The number of hydrogen-bond acceptors (Lipinski definition) is 6. The molecular formula is C26H22F3N3O4. The first-order valence-electron chi connectivity index (χ1n) is 11.1. The first kappa shape index (κ1) is 25.0. The highest BCUT2D eigenvalue weighted by Gasteiger charge is 2.51. The summed E-state index contributed by atoms with van der Waals surface area (Å²) in [4.78, 5) is 44.3. The molecule has 1 amide bonds. The Labute approximate surface area is 204 Å². The second-order valence-corrected chi connectivity index (χ2v) is 8.70. The van der Waals surface area contributed by atoms with Crippen molar-refractivity contribution in [2.24, 2.45) is 5.41 Å². The van der Waals surface area contributed by atoms with Crippen molar-refractivity contribution in [1.29, 1.82) is 0 Å². The van der Waals surface area contributed by atoms with E-state index in [1.165, 1.54) is 43.8 Å². The molecule has 0 saturated heterocycles. The van der Waals surface area contributed by atoms with Crippen LogP contribution in [0.3, 0.4) is 0 Å². The molecule has 3 aromatic rings. The Morgan fingerprint density at radius 2 is 1.67 bits per heavy atom. The largest absolute Gasteiger partial charge is 0.457 e. The number of ketones is 2. The van der Waals surface area contributed by atoms with Crippen LogP contribution in [0.4, 0.5) is 13.2 Å². The van der Waals surface area contributed by atoms with E-state index in [0.717, 1.165) is 12.1 Å². The van der Waals surface area contributed by atoms with Crippen molar-refractivity contribution in [2.75, 3.05) is 0 Å². The van der Waals surface area contributed by atoms with E-state index in [9.17, 15) is 27.6 Å². The molecule has 1 heterocycles. The molecule has 10 heteroatoms. The second kappa shape index (κ2) is 9.88. The first-order valence-corrected chi connectivity index (χ1v) is 11.1. The van der Waals surface area contributed by atoms with Gasteiger partial charge < -0.3 is 10.1 Å². The molecule has 0 spiro atoms. The van der Waals surface area contributed by atoms with Crippen molar-refractivity contribution in [1.82, 2.24) is 15.3 Å². The lowest BCUT2D eigenvalue weighted by Gasteiger charge is -2.16. The van der Waals surface area contributed by atoms with Crippen LogP contribution in [0.5, 0.6) is 11.5 Å². The molecule has 186 valence electrons. The van der Waals surface area contributed by atoms with Gasteiger partial charge in [0.1, 0.15) is 17.8 Å². The zero-order valence-corrected chi connectivity index (χ0v) is 19.3. The second-order valence-electron chi connectivity index (χ2n) is 8.70. The quantitative estimate of drug-likeness (QED) is 0.410. The van der Waals surface area contributed by atoms with Gasteiger partial charge in [-0.25, -0.2) is 9.97 Å². The lowest BCUT2D eigenvalue weighted by molar-refractivity contribution is -0.138. The molecule has 36 heavy (non-hydrogen) atoms. The Morgan fingerprint density at radius 3 is 2.25 bits per heavy atom. The Morgan fingerprint density at radius 1 is 1.00 bits per heavy atom. The highest BCUT2D eigenvalue weighted by Crippen LogP contribution is 2.49. The summed E-state index contributed by atoms with van der Waals surface area (Å²) in [5.74, 6) is -1.16. The van der Waals surface area contributed by atoms with E-state index in [1.807, 2.05) is 0 Å². The number of ether oxygens (including phenoxy) is 1. The topological polar surface area (TPSA) is 98.2 Å². The van der Waals surface area contributed by atoms with Crippen LogP contribution < -0.4 is 10.1 Å². The van der Waals surface area contributed by atoms with E-state index in [4.69, 9.17) is 4.74 Å². The number of nitrogens with zero attached hydrogens (tertiary/aromatic N) is 2. The third-order valence-corrected chi connectivity index (χ3v) is 6.01. The highest BCUT2D eigenvalue weighted by atomic mass is 19.4. The van der Waals surface area contributed by atoms with E-state index in [2.05, 4.69) is 15.3 Å². The number of halogens is 3. The maximum atomic E-state index is 13.5. The summed E-state index contributed by atoms with van der Waals surface area (Å²) in [6.45, 7) is 1.37. The number of rotatable bonds is 9. The van der Waals surface area contributed by atoms with E-state index in [-0.39, 0.29) is 36.0 Å². The minimum absolute atomic E-state index is 0.0620. The Balaban J connectivity index is 1.37. The summed E-state index contributed by atoms with van der Waals surface area (Å²) in [7, 11) is 0. The molecule has 1 N–H and O–H groups in total. The van der Waals surface area contributed by atoms with Gasteiger partial charge in [-0.2, -0.15) is 13.2 Å². The molecule has 0 bridgehead atoms. The highest BCUT2D eigenvalue weighted by molar-refractivity contribution is 6.00. The zero-order valence-electron chi connectivity index (χ0n) is 19.3. The van der Waals surface area contributed by atoms with Gasteiger partial charge in [-0.05, 0) is 55.7 Å². The fourth-order valence-electron chi connectivity index (χ4n) is 3.72. The van der Waals surface area contributed by atoms with Gasteiger partial charge in [0.2, 0.25) is 5.91 Å². The molecule has 7 nitrogen and oxygen atoms in total. The summed E-state index contributed by atoms with van der Waals surface area (Å²) < 4.78 is 45.8. The molecule has 0 atom stereocenters. The monoisotopic (exact) mass is 497 g/mol. The van der Waals surface area contributed by atoms with Gasteiger partial charge in [-0.3, -0.25) is 14.4 Å². The van der Waals surface area contributed by atoms with Crippen molar-refractivity contribution in [3.05, 3.63) is 83.4 Å². The number of hydrogen-bond donors (Lipinski definition) is 1. The van der Waals surface area contributed by atoms with Crippen molar-refractivity contribution in [2.45, 2.75) is 38.9 Å². The standard InChI is InChI=1S/C26H22F3N3O4/c1-16(33)18-4-7-23(21(10-18)26(27,28)29)36-20-5-2-17(3-6-20)12-32-24(35)25(8-9-25)11-22(34)19-13-30-15-31-14-19/h2-7,10,13-15H,8-9,11-12H2,1H3,(H,32,35). The summed E-state index contributed by atoms with van der Waals surface area (Å²) >= 11 is 0. The third-order valence-electron chi connectivity index (χ3n) is 6.01. The minimum atomic E-state index is -4.70. The molecule has 4 rings (SSSR count). The number of benzene rings is 2. The zero-order chi connectivity index (χ0) is 25.9. The molecular weight excluding hydrogens is 475 g/mol. The van der Waals surface area contributed by atoms with Gasteiger partial charge in [0.25, 0.3) is 0 Å². The van der Waals surface area contributed by atoms with Gasteiger partial charge in [0, 0.05) is 30.9 Å². The lowest BCUT2D eigenvalue weighted by Crippen LogP contribution is -2.33. The van der Waals surface area contributed by atoms with Crippen LogP contribution in [0.2, 0.25) is 0 Å². The van der Waals surface area contributed by atoms with Crippen LogP contribution in [0.15, 0.2) is 61.2 Å². The molecule has 0 unspecified atom stereocenters. The Hall–Kier alpha value is -4.08. The van der Waals surface area contributed by atoms with Crippen molar-refractivity contribution >= 4 is 17.5 Å². The van der Waals surface area contributed by atoms with E-state index in [0.29, 0.717) is 24.0 Å². The average Bonchev–Trinajstić information content (AvgIpc) is 3.64. The Bertz CT molecular complexity index is 1290. The van der Waals surface area contributed by atoms with Crippen LogP contribution >= 0.6 is 0 Å². The van der Waals surface area contributed by atoms with Gasteiger partial charge in [0.15, 0.2) is 11.6 Å². The predicted molar refractivity (Wildman–Crippen MR) is 122 cm³/mol. The molecule has 2 aromatic carbocycles. The number of aromatic nitrogens is 2. The SMILES string of the molecule is CC(=O)c1ccc(Oc2ccc(CNC(=O)C3(CC(=O)c4cncnc4)CC3)cc2)c(C(F)(F)F)c1. The number of carbonyl (C=O) groups excluding carboxylic acids is 3. The molecule has 1 aliphatic carbocycles. The summed E-state index contributed by atoms with van der Waals surface area (Å²) in [6.07, 6.45) is 0.752. The van der Waals surface area contributed by atoms with E-state index >= 15 is 0 Å². The molecule has 1 aliphatic rings. The first-order chi connectivity index (χ1) is 17.1.